The van der Waals surface area contributed by atoms with Gasteiger partial charge in [0.15, 0.2) is 0 Å². The van der Waals surface area contributed by atoms with Crippen LogP contribution in [0.1, 0.15) is 33.9 Å². The van der Waals surface area contributed by atoms with Crippen molar-refractivity contribution < 1.29 is 5.11 Å². The van der Waals surface area contributed by atoms with Crippen LogP contribution in [0.3, 0.4) is 0 Å². The largest absolute Gasteiger partial charge is 0.387 e. The highest BCUT2D eigenvalue weighted by Crippen LogP contribution is 2.25. The molecule has 1 aromatic carbocycles. The summed E-state index contributed by atoms with van der Waals surface area (Å²) in [6.07, 6.45) is -0.409. The monoisotopic (exact) mass is 207 g/mol. The smallest absolute Gasteiger partial charge is 0.0917 e. The SMILES string of the molecule is CNCC(O)c1cc(C)c(C)c(C)c1C. The highest BCUT2D eigenvalue weighted by atomic mass is 16.3. The Hall–Kier alpha value is -0.860. The lowest BCUT2D eigenvalue weighted by atomic mass is 9.92. The molecule has 1 unspecified atom stereocenters. The van der Waals surface area contributed by atoms with Crippen molar-refractivity contribution in [1.29, 1.82) is 0 Å². The first-order valence-electron chi connectivity index (χ1n) is 5.39. The Morgan fingerprint density at radius 2 is 1.73 bits per heavy atom. The van der Waals surface area contributed by atoms with E-state index in [1.165, 1.54) is 22.3 Å². The molecule has 2 nitrogen and oxygen atoms in total. The van der Waals surface area contributed by atoms with Crippen molar-refractivity contribution >= 4 is 0 Å². The zero-order chi connectivity index (χ0) is 11.6. The molecule has 2 heteroatoms. The Bertz CT molecular complexity index is 358. The number of benzene rings is 1. The van der Waals surface area contributed by atoms with Crippen LogP contribution in [-0.4, -0.2) is 18.7 Å². The van der Waals surface area contributed by atoms with Gasteiger partial charge in [-0.3, -0.25) is 0 Å². The molecule has 0 bridgehead atoms. The van der Waals surface area contributed by atoms with Gasteiger partial charge >= 0.3 is 0 Å². The van der Waals surface area contributed by atoms with Crippen LogP contribution in [-0.2, 0) is 0 Å². The van der Waals surface area contributed by atoms with E-state index < -0.39 is 6.10 Å². The Morgan fingerprint density at radius 3 is 2.27 bits per heavy atom. The molecule has 0 heterocycles. The molecule has 0 spiro atoms. The molecule has 1 aromatic rings. The van der Waals surface area contributed by atoms with E-state index in [0.29, 0.717) is 6.54 Å². The second-order valence-electron chi connectivity index (χ2n) is 4.23. The first-order chi connectivity index (χ1) is 6.99. The van der Waals surface area contributed by atoms with Gasteiger partial charge in [0, 0.05) is 6.54 Å². The van der Waals surface area contributed by atoms with E-state index >= 15 is 0 Å². The molecule has 0 radical (unpaired) electrons. The lowest BCUT2D eigenvalue weighted by molar-refractivity contribution is 0.177. The van der Waals surface area contributed by atoms with Crippen molar-refractivity contribution in [2.45, 2.75) is 33.8 Å². The summed E-state index contributed by atoms with van der Waals surface area (Å²) in [7, 11) is 1.85. The third-order valence-corrected chi connectivity index (χ3v) is 3.28. The van der Waals surface area contributed by atoms with Gasteiger partial charge in [-0.15, -0.1) is 0 Å². The molecule has 0 amide bonds. The molecule has 0 fully saturated rings. The number of likely N-dealkylation sites (N-methyl/N-ethyl adjacent to an activating group) is 1. The maximum absolute atomic E-state index is 9.98. The lowest BCUT2D eigenvalue weighted by Crippen LogP contribution is -2.18. The predicted octanol–water partition coefficient (Wildman–Crippen LogP) is 2.17. The molecule has 1 atom stereocenters. The molecule has 0 saturated heterocycles. The van der Waals surface area contributed by atoms with Crippen LogP contribution in [0.4, 0.5) is 0 Å². The maximum Gasteiger partial charge on any atom is 0.0917 e. The minimum Gasteiger partial charge on any atom is -0.387 e. The number of hydrogen-bond donors (Lipinski definition) is 2. The van der Waals surface area contributed by atoms with Gasteiger partial charge in [-0.1, -0.05) is 6.07 Å². The van der Waals surface area contributed by atoms with Gasteiger partial charge in [-0.05, 0) is 62.6 Å². The minimum absolute atomic E-state index is 0.409. The van der Waals surface area contributed by atoms with Gasteiger partial charge in [-0.2, -0.15) is 0 Å². The molecule has 1 rings (SSSR count). The summed E-state index contributed by atoms with van der Waals surface area (Å²) >= 11 is 0. The fraction of sp³-hybridized carbons (Fsp3) is 0.538. The van der Waals surface area contributed by atoms with Crippen molar-refractivity contribution in [3.63, 3.8) is 0 Å². The summed E-state index contributed by atoms with van der Waals surface area (Å²) in [4.78, 5) is 0. The number of nitrogens with one attached hydrogen (secondary N) is 1. The summed E-state index contributed by atoms with van der Waals surface area (Å²) in [6, 6.07) is 2.10. The van der Waals surface area contributed by atoms with Crippen LogP contribution in [0.2, 0.25) is 0 Å². The Labute approximate surface area is 92.3 Å². The molecular formula is C13H21NO. The highest BCUT2D eigenvalue weighted by molar-refractivity contribution is 5.44. The van der Waals surface area contributed by atoms with Crippen LogP contribution in [0, 0.1) is 27.7 Å². The first kappa shape index (κ1) is 12.2. The van der Waals surface area contributed by atoms with Crippen molar-refractivity contribution in [3.05, 3.63) is 33.9 Å². The van der Waals surface area contributed by atoms with Crippen LogP contribution < -0.4 is 5.32 Å². The van der Waals surface area contributed by atoms with E-state index in [-0.39, 0.29) is 0 Å². The molecule has 15 heavy (non-hydrogen) atoms. The molecular weight excluding hydrogens is 186 g/mol. The zero-order valence-electron chi connectivity index (χ0n) is 10.3. The molecule has 0 aliphatic rings. The first-order valence-corrected chi connectivity index (χ1v) is 5.39. The van der Waals surface area contributed by atoms with E-state index in [1.807, 2.05) is 7.05 Å². The molecule has 0 aliphatic heterocycles. The number of aryl methyl sites for hydroxylation is 1. The third-order valence-electron chi connectivity index (χ3n) is 3.28. The highest BCUT2D eigenvalue weighted by Gasteiger charge is 2.13. The Morgan fingerprint density at radius 1 is 1.13 bits per heavy atom. The molecule has 2 N–H and O–H groups in total. The predicted molar refractivity (Wildman–Crippen MR) is 64.3 cm³/mol. The van der Waals surface area contributed by atoms with E-state index in [4.69, 9.17) is 0 Å². The van der Waals surface area contributed by atoms with Gasteiger partial charge in [0.25, 0.3) is 0 Å². The minimum atomic E-state index is -0.409. The van der Waals surface area contributed by atoms with Crippen LogP contribution in [0.15, 0.2) is 6.07 Å². The quantitative estimate of drug-likeness (QED) is 0.796. The normalized spacial score (nSPS) is 12.9. The molecule has 0 aromatic heterocycles. The number of aliphatic hydroxyl groups excluding tert-OH is 1. The molecule has 0 aliphatic carbocycles. The van der Waals surface area contributed by atoms with E-state index in [2.05, 4.69) is 39.1 Å². The molecule has 84 valence electrons. The van der Waals surface area contributed by atoms with Crippen molar-refractivity contribution in [3.8, 4) is 0 Å². The summed E-state index contributed by atoms with van der Waals surface area (Å²) in [6.45, 7) is 9.02. The number of hydrogen-bond acceptors (Lipinski definition) is 2. The van der Waals surface area contributed by atoms with Gasteiger partial charge in [0.05, 0.1) is 6.10 Å². The average Bonchev–Trinajstić information content (AvgIpc) is 2.20. The topological polar surface area (TPSA) is 32.3 Å². The summed E-state index contributed by atoms with van der Waals surface area (Å²) in [5.41, 5.74) is 6.13. The third kappa shape index (κ3) is 2.39. The van der Waals surface area contributed by atoms with Crippen LogP contribution in [0.25, 0.3) is 0 Å². The van der Waals surface area contributed by atoms with Crippen LogP contribution in [0.5, 0.6) is 0 Å². The Balaban J connectivity index is 3.19. The maximum atomic E-state index is 9.98. The summed E-state index contributed by atoms with van der Waals surface area (Å²) in [5.74, 6) is 0. The zero-order valence-corrected chi connectivity index (χ0v) is 10.3. The van der Waals surface area contributed by atoms with Gasteiger partial charge in [0.2, 0.25) is 0 Å². The van der Waals surface area contributed by atoms with Crippen molar-refractivity contribution in [1.82, 2.24) is 5.32 Å². The van der Waals surface area contributed by atoms with Gasteiger partial charge < -0.3 is 10.4 Å². The van der Waals surface area contributed by atoms with Gasteiger partial charge in [0.1, 0.15) is 0 Å². The Kier molecular flexibility index (Phi) is 3.89. The van der Waals surface area contributed by atoms with E-state index in [0.717, 1.165) is 5.56 Å². The van der Waals surface area contributed by atoms with E-state index in [1.54, 1.807) is 0 Å². The van der Waals surface area contributed by atoms with E-state index in [9.17, 15) is 5.11 Å². The second-order valence-corrected chi connectivity index (χ2v) is 4.23. The summed E-state index contributed by atoms with van der Waals surface area (Å²) < 4.78 is 0. The molecule has 0 saturated carbocycles. The summed E-state index contributed by atoms with van der Waals surface area (Å²) in [5, 5.41) is 13.0. The second kappa shape index (κ2) is 4.77. The average molecular weight is 207 g/mol. The fourth-order valence-electron chi connectivity index (χ4n) is 1.89. The number of rotatable bonds is 3. The van der Waals surface area contributed by atoms with Gasteiger partial charge in [-0.25, -0.2) is 0 Å². The number of aliphatic hydroxyl groups is 1. The van der Waals surface area contributed by atoms with Crippen molar-refractivity contribution in [2.24, 2.45) is 0 Å². The van der Waals surface area contributed by atoms with Crippen molar-refractivity contribution in [2.75, 3.05) is 13.6 Å². The standard InChI is InChI=1S/C13H21NO/c1-8-6-12(13(15)7-14-5)11(4)10(3)9(8)2/h6,13-15H,7H2,1-5H3. The lowest BCUT2D eigenvalue weighted by Gasteiger charge is -2.18. The fourth-order valence-corrected chi connectivity index (χ4v) is 1.89. The van der Waals surface area contributed by atoms with Crippen LogP contribution >= 0.6 is 0 Å².